The number of anilines is 1. The standard InChI is InChI=1S/C20H24N2OS/c23-20(12-7-17-24-19-10-5-2-6-11-19)22-15-13-21(14-16-22)18-8-3-1-4-9-18/h1-6,8-11H,7,12-17H2. The molecule has 1 heterocycles. The first-order valence-electron chi connectivity index (χ1n) is 8.58. The fourth-order valence-corrected chi connectivity index (χ4v) is 3.82. The molecule has 1 aliphatic rings. The predicted molar refractivity (Wildman–Crippen MR) is 102 cm³/mol. The first-order valence-corrected chi connectivity index (χ1v) is 9.57. The maximum absolute atomic E-state index is 12.4. The van der Waals surface area contributed by atoms with E-state index in [-0.39, 0.29) is 0 Å². The van der Waals surface area contributed by atoms with Gasteiger partial charge in [-0.25, -0.2) is 0 Å². The number of thioether (sulfide) groups is 1. The van der Waals surface area contributed by atoms with Crippen molar-refractivity contribution in [1.29, 1.82) is 0 Å². The lowest BCUT2D eigenvalue weighted by molar-refractivity contribution is -0.131. The van der Waals surface area contributed by atoms with Crippen LogP contribution in [0, 0.1) is 0 Å². The van der Waals surface area contributed by atoms with Crippen molar-refractivity contribution in [2.75, 3.05) is 36.8 Å². The molecule has 0 spiro atoms. The van der Waals surface area contributed by atoms with Crippen LogP contribution in [0.1, 0.15) is 12.8 Å². The maximum atomic E-state index is 12.4. The summed E-state index contributed by atoms with van der Waals surface area (Å²) in [6.07, 6.45) is 1.60. The summed E-state index contributed by atoms with van der Waals surface area (Å²) in [5.74, 6) is 1.30. The van der Waals surface area contributed by atoms with E-state index in [0.29, 0.717) is 12.3 Å². The Balaban J connectivity index is 1.36. The lowest BCUT2D eigenvalue weighted by Gasteiger charge is -2.36. The summed E-state index contributed by atoms with van der Waals surface area (Å²) in [6.45, 7) is 3.52. The molecule has 0 unspecified atom stereocenters. The van der Waals surface area contributed by atoms with Crippen molar-refractivity contribution in [3.63, 3.8) is 0 Å². The van der Waals surface area contributed by atoms with Gasteiger partial charge in [0.15, 0.2) is 0 Å². The molecule has 126 valence electrons. The highest BCUT2D eigenvalue weighted by Gasteiger charge is 2.20. The zero-order valence-electron chi connectivity index (χ0n) is 13.9. The zero-order chi connectivity index (χ0) is 16.6. The first-order chi connectivity index (χ1) is 11.8. The highest BCUT2D eigenvalue weighted by atomic mass is 32.2. The molecule has 1 amide bonds. The Morgan fingerprint density at radius 2 is 1.50 bits per heavy atom. The summed E-state index contributed by atoms with van der Waals surface area (Å²) in [6, 6.07) is 20.8. The zero-order valence-corrected chi connectivity index (χ0v) is 14.8. The second kappa shape index (κ2) is 8.78. The van der Waals surface area contributed by atoms with Crippen LogP contribution in [0.3, 0.4) is 0 Å². The van der Waals surface area contributed by atoms with E-state index >= 15 is 0 Å². The normalized spacial score (nSPS) is 14.7. The van der Waals surface area contributed by atoms with E-state index in [2.05, 4.69) is 53.4 Å². The Morgan fingerprint density at radius 1 is 0.875 bits per heavy atom. The van der Waals surface area contributed by atoms with Crippen LogP contribution in [0.25, 0.3) is 0 Å². The van der Waals surface area contributed by atoms with Gasteiger partial charge in [-0.2, -0.15) is 0 Å². The van der Waals surface area contributed by atoms with Gasteiger partial charge < -0.3 is 9.80 Å². The van der Waals surface area contributed by atoms with Crippen molar-refractivity contribution < 1.29 is 4.79 Å². The van der Waals surface area contributed by atoms with E-state index in [1.807, 2.05) is 28.8 Å². The maximum Gasteiger partial charge on any atom is 0.222 e. The van der Waals surface area contributed by atoms with Crippen molar-refractivity contribution in [2.24, 2.45) is 0 Å². The van der Waals surface area contributed by atoms with Crippen LogP contribution >= 0.6 is 11.8 Å². The number of hydrogen-bond acceptors (Lipinski definition) is 3. The largest absolute Gasteiger partial charge is 0.368 e. The number of piperazine rings is 1. The van der Waals surface area contributed by atoms with Crippen molar-refractivity contribution in [2.45, 2.75) is 17.7 Å². The molecule has 0 aromatic heterocycles. The van der Waals surface area contributed by atoms with E-state index < -0.39 is 0 Å². The Bertz CT molecular complexity index is 625. The lowest BCUT2D eigenvalue weighted by atomic mass is 10.2. The van der Waals surface area contributed by atoms with Crippen LogP contribution in [-0.2, 0) is 4.79 Å². The number of carbonyl (C=O) groups excluding carboxylic acids is 1. The number of carbonyl (C=O) groups is 1. The second-order valence-corrected chi connectivity index (χ2v) is 7.14. The molecule has 0 aliphatic carbocycles. The highest BCUT2D eigenvalue weighted by molar-refractivity contribution is 7.99. The summed E-state index contributed by atoms with van der Waals surface area (Å²) in [4.78, 5) is 18.0. The summed E-state index contributed by atoms with van der Waals surface area (Å²) in [7, 11) is 0. The van der Waals surface area contributed by atoms with Gasteiger partial charge in [-0.1, -0.05) is 36.4 Å². The van der Waals surface area contributed by atoms with Gasteiger partial charge in [0, 0.05) is 43.2 Å². The molecule has 0 atom stereocenters. The minimum Gasteiger partial charge on any atom is -0.368 e. The molecule has 2 aromatic rings. The molecular weight excluding hydrogens is 316 g/mol. The molecule has 1 saturated heterocycles. The number of para-hydroxylation sites is 1. The number of amides is 1. The van der Waals surface area contributed by atoms with Gasteiger partial charge in [-0.3, -0.25) is 4.79 Å². The highest BCUT2D eigenvalue weighted by Crippen LogP contribution is 2.19. The van der Waals surface area contributed by atoms with Crippen LogP contribution in [0.5, 0.6) is 0 Å². The van der Waals surface area contributed by atoms with E-state index in [1.165, 1.54) is 10.6 Å². The molecule has 4 heteroatoms. The fourth-order valence-electron chi connectivity index (χ4n) is 2.94. The third-order valence-corrected chi connectivity index (χ3v) is 5.40. The number of benzene rings is 2. The Morgan fingerprint density at radius 3 is 2.17 bits per heavy atom. The van der Waals surface area contributed by atoms with Gasteiger partial charge in [-0.05, 0) is 36.4 Å². The minimum atomic E-state index is 0.302. The van der Waals surface area contributed by atoms with Gasteiger partial charge >= 0.3 is 0 Å². The topological polar surface area (TPSA) is 23.6 Å². The van der Waals surface area contributed by atoms with E-state index in [9.17, 15) is 4.79 Å². The molecule has 0 N–H and O–H groups in total. The van der Waals surface area contributed by atoms with Crippen LogP contribution < -0.4 is 4.90 Å². The molecule has 0 bridgehead atoms. The molecule has 3 nitrogen and oxygen atoms in total. The molecule has 0 radical (unpaired) electrons. The Labute approximate surface area is 148 Å². The number of hydrogen-bond donors (Lipinski definition) is 0. The molecular formula is C20H24N2OS. The van der Waals surface area contributed by atoms with Gasteiger partial charge in [0.05, 0.1) is 0 Å². The summed E-state index contributed by atoms with van der Waals surface area (Å²) >= 11 is 1.83. The average Bonchev–Trinajstić information content (AvgIpc) is 2.67. The molecule has 2 aromatic carbocycles. The first kappa shape index (κ1) is 16.9. The van der Waals surface area contributed by atoms with Crippen LogP contribution in [0.4, 0.5) is 5.69 Å². The molecule has 1 fully saturated rings. The molecule has 3 rings (SSSR count). The number of rotatable bonds is 6. The predicted octanol–water partition coefficient (Wildman–Crippen LogP) is 3.91. The van der Waals surface area contributed by atoms with E-state index in [4.69, 9.17) is 0 Å². The average molecular weight is 340 g/mol. The lowest BCUT2D eigenvalue weighted by Crippen LogP contribution is -2.48. The fraction of sp³-hybridized carbons (Fsp3) is 0.350. The Hall–Kier alpha value is -1.94. The second-order valence-electron chi connectivity index (χ2n) is 5.97. The smallest absolute Gasteiger partial charge is 0.222 e. The third-order valence-electron chi connectivity index (χ3n) is 4.30. The Kier molecular flexibility index (Phi) is 6.19. The van der Waals surface area contributed by atoms with Gasteiger partial charge in [0.25, 0.3) is 0 Å². The number of nitrogens with zero attached hydrogens (tertiary/aromatic N) is 2. The molecule has 24 heavy (non-hydrogen) atoms. The van der Waals surface area contributed by atoms with Crippen molar-refractivity contribution in [3.05, 3.63) is 60.7 Å². The molecule has 0 saturated carbocycles. The van der Waals surface area contributed by atoms with Gasteiger partial charge in [-0.15, -0.1) is 11.8 Å². The summed E-state index contributed by atoms with van der Waals surface area (Å²) in [5.41, 5.74) is 1.25. The van der Waals surface area contributed by atoms with Gasteiger partial charge in [0.2, 0.25) is 5.91 Å². The third kappa shape index (κ3) is 4.78. The van der Waals surface area contributed by atoms with Crippen LogP contribution in [-0.4, -0.2) is 42.7 Å². The van der Waals surface area contributed by atoms with E-state index in [0.717, 1.165) is 38.4 Å². The summed E-state index contributed by atoms with van der Waals surface area (Å²) < 4.78 is 0. The quantitative estimate of drug-likeness (QED) is 0.588. The van der Waals surface area contributed by atoms with Crippen LogP contribution in [0.15, 0.2) is 65.6 Å². The summed E-state index contributed by atoms with van der Waals surface area (Å²) in [5, 5.41) is 0. The minimum absolute atomic E-state index is 0.302. The van der Waals surface area contributed by atoms with Crippen LogP contribution in [0.2, 0.25) is 0 Å². The van der Waals surface area contributed by atoms with Crippen molar-refractivity contribution in [1.82, 2.24) is 4.90 Å². The monoisotopic (exact) mass is 340 g/mol. The van der Waals surface area contributed by atoms with Crippen molar-refractivity contribution in [3.8, 4) is 0 Å². The SMILES string of the molecule is O=C(CCCSc1ccccc1)N1CCN(c2ccccc2)CC1. The van der Waals surface area contributed by atoms with Gasteiger partial charge in [0.1, 0.15) is 0 Å². The van der Waals surface area contributed by atoms with E-state index in [1.54, 1.807) is 0 Å². The molecule has 1 aliphatic heterocycles. The van der Waals surface area contributed by atoms with Crippen molar-refractivity contribution >= 4 is 23.4 Å².